The number of aliphatic hydroxyl groups excluding tert-OH is 1. The molecule has 0 spiro atoms. The first-order valence-electron chi connectivity index (χ1n) is 6.93. The van der Waals surface area contributed by atoms with Gasteiger partial charge in [-0.15, -0.1) is 0 Å². The number of hydrogen-bond acceptors (Lipinski definition) is 3. The second-order valence-electron chi connectivity index (χ2n) is 5.52. The van der Waals surface area contributed by atoms with E-state index in [1.54, 1.807) is 0 Å². The van der Waals surface area contributed by atoms with E-state index < -0.39 is 0 Å². The van der Waals surface area contributed by atoms with Gasteiger partial charge < -0.3 is 14.8 Å². The number of nitrogens with one attached hydrogen (secondary N) is 1. The molecule has 0 bridgehead atoms. The molecule has 0 fully saturated rings. The molecule has 3 nitrogen and oxygen atoms in total. The molecule has 1 aromatic carbocycles. The fourth-order valence-corrected chi connectivity index (χ4v) is 2.48. The highest BCUT2D eigenvalue weighted by Crippen LogP contribution is 2.25. The highest BCUT2D eigenvalue weighted by Gasteiger charge is 2.13. The van der Waals surface area contributed by atoms with Crippen molar-refractivity contribution in [1.29, 1.82) is 0 Å². The predicted octanol–water partition coefficient (Wildman–Crippen LogP) is 3.24. The number of rotatable bonds is 6. The Bertz CT molecular complexity index is 531. The molecule has 0 saturated carbocycles. The molecule has 0 aliphatic rings. The zero-order chi connectivity index (χ0) is 13.8. The van der Waals surface area contributed by atoms with Gasteiger partial charge in [-0.2, -0.15) is 0 Å². The molecular weight excluding hydrogens is 238 g/mol. The van der Waals surface area contributed by atoms with Gasteiger partial charge in [-0.1, -0.05) is 32.0 Å². The average Bonchev–Trinajstić information content (AvgIpc) is 2.70. The summed E-state index contributed by atoms with van der Waals surface area (Å²) < 4.78 is 5.74. The minimum absolute atomic E-state index is 0.146. The van der Waals surface area contributed by atoms with E-state index in [0.29, 0.717) is 5.92 Å². The van der Waals surface area contributed by atoms with Crippen LogP contribution in [0, 0.1) is 12.8 Å². The molecule has 0 aliphatic carbocycles. The maximum absolute atomic E-state index is 9.40. The summed E-state index contributed by atoms with van der Waals surface area (Å²) in [6, 6.07) is 8.23. The molecule has 2 aromatic rings. The van der Waals surface area contributed by atoms with Crippen molar-refractivity contribution in [2.75, 3.05) is 6.61 Å². The SMILES string of the molecule is Cc1oc2ccccc2c1CNC(CO)CC(C)C. The van der Waals surface area contributed by atoms with Gasteiger partial charge in [0, 0.05) is 23.5 Å². The minimum atomic E-state index is 0.146. The summed E-state index contributed by atoms with van der Waals surface area (Å²) in [5, 5.41) is 14.0. The third-order valence-corrected chi connectivity index (χ3v) is 3.44. The number of aliphatic hydroxyl groups is 1. The molecule has 0 saturated heterocycles. The Morgan fingerprint density at radius 1 is 1.26 bits per heavy atom. The molecule has 104 valence electrons. The number of para-hydroxylation sites is 1. The van der Waals surface area contributed by atoms with Gasteiger partial charge in [-0.3, -0.25) is 0 Å². The fraction of sp³-hybridized carbons (Fsp3) is 0.500. The molecule has 1 aromatic heterocycles. The average molecular weight is 261 g/mol. The Kier molecular flexibility index (Phi) is 4.61. The van der Waals surface area contributed by atoms with E-state index in [1.165, 1.54) is 5.56 Å². The number of hydrogen-bond donors (Lipinski definition) is 2. The van der Waals surface area contributed by atoms with Crippen LogP contribution in [-0.4, -0.2) is 17.8 Å². The molecule has 1 heterocycles. The first-order chi connectivity index (χ1) is 9.11. The summed E-state index contributed by atoms with van der Waals surface area (Å²) in [6.07, 6.45) is 0.978. The Hall–Kier alpha value is -1.32. The fourth-order valence-electron chi connectivity index (χ4n) is 2.48. The zero-order valence-electron chi connectivity index (χ0n) is 11.9. The highest BCUT2D eigenvalue weighted by molar-refractivity contribution is 5.82. The standard InChI is InChI=1S/C16H23NO2/c1-11(2)8-13(10-18)17-9-15-12(3)19-16-7-5-4-6-14(15)16/h4-7,11,13,17-18H,8-10H2,1-3H3. The minimum Gasteiger partial charge on any atom is -0.461 e. The van der Waals surface area contributed by atoms with E-state index in [0.717, 1.165) is 29.7 Å². The first-order valence-corrected chi connectivity index (χ1v) is 6.93. The molecule has 2 rings (SSSR count). The second-order valence-corrected chi connectivity index (χ2v) is 5.52. The van der Waals surface area contributed by atoms with Gasteiger partial charge in [0.05, 0.1) is 6.61 Å². The van der Waals surface area contributed by atoms with Crippen LogP contribution in [0.5, 0.6) is 0 Å². The van der Waals surface area contributed by atoms with Crippen LogP contribution in [0.2, 0.25) is 0 Å². The van der Waals surface area contributed by atoms with E-state index in [9.17, 15) is 5.11 Å². The summed E-state index contributed by atoms with van der Waals surface area (Å²) in [4.78, 5) is 0. The van der Waals surface area contributed by atoms with Gasteiger partial charge in [0.25, 0.3) is 0 Å². The number of benzene rings is 1. The van der Waals surface area contributed by atoms with Crippen LogP contribution in [0.1, 0.15) is 31.6 Å². The number of aryl methyl sites for hydroxylation is 1. The molecule has 0 aliphatic heterocycles. The molecular formula is C16H23NO2. The Morgan fingerprint density at radius 3 is 2.68 bits per heavy atom. The van der Waals surface area contributed by atoms with Gasteiger partial charge in [0.2, 0.25) is 0 Å². The van der Waals surface area contributed by atoms with Crippen molar-refractivity contribution in [3.05, 3.63) is 35.6 Å². The summed E-state index contributed by atoms with van der Waals surface area (Å²) in [5.74, 6) is 1.53. The van der Waals surface area contributed by atoms with Gasteiger partial charge in [0.15, 0.2) is 0 Å². The molecule has 3 heteroatoms. The number of fused-ring (bicyclic) bond motifs is 1. The van der Waals surface area contributed by atoms with Crippen LogP contribution in [0.25, 0.3) is 11.0 Å². The van der Waals surface area contributed by atoms with Gasteiger partial charge in [-0.05, 0) is 25.3 Å². The maximum Gasteiger partial charge on any atom is 0.134 e. The largest absolute Gasteiger partial charge is 0.461 e. The summed E-state index contributed by atoms with van der Waals surface area (Å²) in [5.41, 5.74) is 2.12. The van der Waals surface area contributed by atoms with E-state index >= 15 is 0 Å². The number of furan rings is 1. The van der Waals surface area contributed by atoms with Crippen LogP contribution < -0.4 is 5.32 Å². The van der Waals surface area contributed by atoms with E-state index in [4.69, 9.17) is 4.42 Å². The summed E-state index contributed by atoms with van der Waals surface area (Å²) >= 11 is 0. The Labute approximate surface area is 114 Å². The zero-order valence-corrected chi connectivity index (χ0v) is 11.9. The Morgan fingerprint density at radius 2 is 2.00 bits per heavy atom. The monoisotopic (exact) mass is 261 g/mol. The molecule has 0 radical (unpaired) electrons. The lowest BCUT2D eigenvalue weighted by atomic mass is 10.0. The van der Waals surface area contributed by atoms with Crippen LogP contribution in [0.3, 0.4) is 0 Å². The van der Waals surface area contributed by atoms with Crippen LogP contribution in [-0.2, 0) is 6.54 Å². The van der Waals surface area contributed by atoms with E-state index in [2.05, 4.69) is 25.2 Å². The van der Waals surface area contributed by atoms with Crippen molar-refractivity contribution in [3.63, 3.8) is 0 Å². The van der Waals surface area contributed by atoms with Crippen molar-refractivity contribution in [1.82, 2.24) is 5.32 Å². The van der Waals surface area contributed by atoms with Crippen LogP contribution in [0.15, 0.2) is 28.7 Å². The van der Waals surface area contributed by atoms with E-state index in [1.807, 2.05) is 25.1 Å². The van der Waals surface area contributed by atoms with Crippen molar-refractivity contribution in [3.8, 4) is 0 Å². The quantitative estimate of drug-likeness (QED) is 0.839. The predicted molar refractivity (Wildman–Crippen MR) is 78.1 cm³/mol. The van der Waals surface area contributed by atoms with Gasteiger partial charge >= 0.3 is 0 Å². The normalized spacial score (nSPS) is 13.3. The molecule has 1 unspecified atom stereocenters. The smallest absolute Gasteiger partial charge is 0.134 e. The lowest BCUT2D eigenvalue weighted by Gasteiger charge is -2.18. The third-order valence-electron chi connectivity index (χ3n) is 3.44. The lowest BCUT2D eigenvalue weighted by Crippen LogP contribution is -2.33. The van der Waals surface area contributed by atoms with Gasteiger partial charge in [0.1, 0.15) is 11.3 Å². The topological polar surface area (TPSA) is 45.4 Å². The van der Waals surface area contributed by atoms with Crippen LogP contribution >= 0.6 is 0 Å². The molecule has 19 heavy (non-hydrogen) atoms. The first kappa shape index (κ1) is 14.1. The van der Waals surface area contributed by atoms with Crippen molar-refractivity contribution in [2.45, 2.75) is 39.8 Å². The molecule has 2 N–H and O–H groups in total. The highest BCUT2D eigenvalue weighted by atomic mass is 16.3. The van der Waals surface area contributed by atoms with Crippen molar-refractivity contribution < 1.29 is 9.52 Å². The lowest BCUT2D eigenvalue weighted by molar-refractivity contribution is 0.223. The van der Waals surface area contributed by atoms with Crippen LogP contribution in [0.4, 0.5) is 0 Å². The maximum atomic E-state index is 9.40. The Balaban J connectivity index is 2.10. The van der Waals surface area contributed by atoms with E-state index in [-0.39, 0.29) is 12.6 Å². The third kappa shape index (κ3) is 3.37. The summed E-state index contributed by atoms with van der Waals surface area (Å²) in [6.45, 7) is 7.24. The molecule has 1 atom stereocenters. The van der Waals surface area contributed by atoms with Crippen molar-refractivity contribution in [2.24, 2.45) is 5.92 Å². The summed E-state index contributed by atoms with van der Waals surface area (Å²) in [7, 11) is 0. The van der Waals surface area contributed by atoms with Gasteiger partial charge in [-0.25, -0.2) is 0 Å². The molecule has 0 amide bonds. The van der Waals surface area contributed by atoms with Crippen molar-refractivity contribution >= 4 is 11.0 Å². The second kappa shape index (κ2) is 6.22.